The quantitative estimate of drug-likeness (QED) is 0.560. The molecule has 6 nitrogen and oxygen atoms in total. The van der Waals surface area contributed by atoms with Gasteiger partial charge in [0.25, 0.3) is 0 Å². The molecule has 1 N–H and O–H groups in total. The third kappa shape index (κ3) is 5.06. The summed E-state index contributed by atoms with van der Waals surface area (Å²) in [5, 5.41) is 3.00. The summed E-state index contributed by atoms with van der Waals surface area (Å²) in [4.78, 5) is 8.22. The fraction of sp³-hybridized carbons (Fsp3) is 0.600. The van der Waals surface area contributed by atoms with Crippen molar-refractivity contribution in [3.05, 3.63) is 6.07 Å². The molecule has 0 aromatic carbocycles. The molecule has 0 radical (unpaired) electrons. The molecule has 0 aliphatic heterocycles. The number of nitrogens with zero attached hydrogens (tertiary/aromatic N) is 2. The molecule has 0 unspecified atom stereocenters. The van der Waals surface area contributed by atoms with Gasteiger partial charge in [-0.15, -0.1) is 11.6 Å². The highest BCUT2D eigenvalue weighted by atomic mass is 35.5. The molecule has 17 heavy (non-hydrogen) atoms. The maximum Gasteiger partial charge on any atom is 0.229 e. The van der Waals surface area contributed by atoms with Crippen molar-refractivity contribution in [1.82, 2.24) is 9.97 Å². The number of aromatic nitrogens is 2. The monoisotopic (exact) mass is 261 g/mol. The van der Waals surface area contributed by atoms with E-state index in [0.29, 0.717) is 43.3 Å². The van der Waals surface area contributed by atoms with Crippen molar-refractivity contribution in [3.63, 3.8) is 0 Å². The van der Waals surface area contributed by atoms with Crippen LogP contribution in [0.3, 0.4) is 0 Å². The number of hydrogen-bond acceptors (Lipinski definition) is 6. The molecule has 96 valence electrons. The van der Waals surface area contributed by atoms with Crippen LogP contribution in [0.2, 0.25) is 0 Å². The summed E-state index contributed by atoms with van der Waals surface area (Å²) >= 11 is 5.47. The highest BCUT2D eigenvalue weighted by molar-refractivity contribution is 6.17. The summed E-state index contributed by atoms with van der Waals surface area (Å²) in [5.41, 5.74) is 0. The van der Waals surface area contributed by atoms with Crippen LogP contribution in [0.15, 0.2) is 6.07 Å². The van der Waals surface area contributed by atoms with E-state index in [9.17, 15) is 0 Å². The predicted octanol–water partition coefficient (Wildman–Crippen LogP) is 1.16. The van der Waals surface area contributed by atoms with Crippen LogP contribution < -0.4 is 14.8 Å². The van der Waals surface area contributed by atoms with Gasteiger partial charge in [-0.2, -0.15) is 9.97 Å². The smallest absolute Gasteiger partial charge is 0.229 e. The number of rotatable bonds is 8. The lowest BCUT2D eigenvalue weighted by atomic mass is 10.6. The minimum absolute atomic E-state index is 0.440. The second kappa shape index (κ2) is 7.92. The van der Waals surface area contributed by atoms with Crippen LogP contribution in [0.25, 0.3) is 0 Å². The molecule has 0 saturated heterocycles. The fourth-order valence-electron chi connectivity index (χ4n) is 1.08. The van der Waals surface area contributed by atoms with Gasteiger partial charge in [-0.25, -0.2) is 0 Å². The van der Waals surface area contributed by atoms with Gasteiger partial charge in [0.2, 0.25) is 17.7 Å². The van der Waals surface area contributed by atoms with E-state index in [1.807, 2.05) is 0 Å². The Morgan fingerprint density at radius 1 is 1.18 bits per heavy atom. The average Bonchev–Trinajstić information content (AvgIpc) is 2.38. The number of halogens is 1. The zero-order valence-electron chi connectivity index (χ0n) is 9.90. The third-order valence-electron chi connectivity index (χ3n) is 1.85. The van der Waals surface area contributed by atoms with Crippen LogP contribution in [0, 0.1) is 0 Å². The van der Waals surface area contributed by atoms with E-state index < -0.39 is 0 Å². The summed E-state index contributed by atoms with van der Waals surface area (Å²) in [5.74, 6) is 1.82. The van der Waals surface area contributed by atoms with Gasteiger partial charge in [0, 0.05) is 12.4 Å². The Hall–Kier alpha value is -1.27. The predicted molar refractivity (Wildman–Crippen MR) is 65.2 cm³/mol. The Morgan fingerprint density at radius 3 is 2.35 bits per heavy atom. The maximum atomic E-state index is 5.47. The first-order valence-corrected chi connectivity index (χ1v) is 5.68. The highest BCUT2D eigenvalue weighted by Gasteiger charge is 2.04. The van der Waals surface area contributed by atoms with Crippen molar-refractivity contribution < 1.29 is 14.2 Å². The highest BCUT2D eigenvalue weighted by Crippen LogP contribution is 2.16. The summed E-state index contributed by atoms with van der Waals surface area (Å²) in [6.45, 7) is 1.66. The van der Waals surface area contributed by atoms with E-state index in [0.717, 1.165) is 0 Å². The number of hydrogen-bond donors (Lipinski definition) is 1. The van der Waals surface area contributed by atoms with Crippen molar-refractivity contribution in [3.8, 4) is 11.8 Å². The van der Waals surface area contributed by atoms with E-state index in [1.54, 1.807) is 6.07 Å². The van der Waals surface area contributed by atoms with Crippen LogP contribution in [0.1, 0.15) is 0 Å². The molecule has 1 aromatic rings. The lowest BCUT2D eigenvalue weighted by molar-refractivity contribution is 0.159. The van der Waals surface area contributed by atoms with Crippen molar-refractivity contribution in [2.24, 2.45) is 0 Å². The maximum absolute atomic E-state index is 5.47. The van der Waals surface area contributed by atoms with Gasteiger partial charge >= 0.3 is 0 Å². The second-order valence-corrected chi connectivity index (χ2v) is 3.38. The first-order valence-electron chi connectivity index (χ1n) is 5.14. The van der Waals surface area contributed by atoms with Crippen molar-refractivity contribution in [2.45, 2.75) is 0 Å². The SMILES string of the molecule is COc1cc(OC)nc(NCCOCCCl)n1. The fourth-order valence-corrected chi connectivity index (χ4v) is 1.19. The van der Waals surface area contributed by atoms with Crippen molar-refractivity contribution in [2.75, 3.05) is 45.2 Å². The Bertz CT molecular complexity index is 316. The standard InChI is InChI=1S/C10H16ClN3O3/c1-15-8-7-9(16-2)14-10(13-8)12-4-6-17-5-3-11/h7H,3-6H2,1-2H3,(H,12,13,14). The topological polar surface area (TPSA) is 65.5 Å². The normalized spacial score (nSPS) is 10.1. The molecule has 1 rings (SSSR count). The Balaban J connectivity index is 2.46. The number of anilines is 1. The van der Waals surface area contributed by atoms with E-state index in [4.69, 9.17) is 25.8 Å². The van der Waals surface area contributed by atoms with E-state index in [1.165, 1.54) is 14.2 Å². The van der Waals surface area contributed by atoms with Gasteiger partial charge in [-0.05, 0) is 0 Å². The molecule has 0 fully saturated rings. The number of nitrogens with one attached hydrogen (secondary N) is 1. The van der Waals surface area contributed by atoms with Gasteiger partial charge in [0.1, 0.15) is 0 Å². The van der Waals surface area contributed by atoms with E-state index in [2.05, 4.69) is 15.3 Å². The molecule has 0 amide bonds. The first kappa shape index (κ1) is 13.8. The largest absolute Gasteiger partial charge is 0.481 e. The average molecular weight is 262 g/mol. The zero-order valence-corrected chi connectivity index (χ0v) is 10.7. The van der Waals surface area contributed by atoms with Gasteiger partial charge < -0.3 is 19.5 Å². The molecule has 0 aliphatic rings. The Kier molecular flexibility index (Phi) is 6.42. The van der Waals surface area contributed by atoms with Gasteiger partial charge in [0.05, 0.1) is 33.5 Å². The third-order valence-corrected chi connectivity index (χ3v) is 2.00. The van der Waals surface area contributed by atoms with Crippen LogP contribution in [-0.4, -0.2) is 49.8 Å². The first-order chi connectivity index (χ1) is 8.30. The van der Waals surface area contributed by atoms with Crippen LogP contribution in [0.5, 0.6) is 11.8 Å². The molecule has 0 atom stereocenters. The lowest BCUT2D eigenvalue weighted by Crippen LogP contribution is -2.13. The molecular weight excluding hydrogens is 246 g/mol. The number of ether oxygens (including phenoxy) is 3. The van der Waals surface area contributed by atoms with E-state index in [-0.39, 0.29) is 0 Å². The lowest BCUT2D eigenvalue weighted by Gasteiger charge is -2.08. The summed E-state index contributed by atoms with van der Waals surface area (Å²) in [6.07, 6.45) is 0. The molecular formula is C10H16ClN3O3. The van der Waals surface area contributed by atoms with Gasteiger partial charge in [0.15, 0.2) is 0 Å². The van der Waals surface area contributed by atoms with E-state index >= 15 is 0 Å². The minimum Gasteiger partial charge on any atom is -0.481 e. The van der Waals surface area contributed by atoms with Crippen molar-refractivity contribution in [1.29, 1.82) is 0 Å². The molecule has 0 bridgehead atoms. The molecule has 1 aromatic heterocycles. The van der Waals surface area contributed by atoms with Crippen LogP contribution >= 0.6 is 11.6 Å². The molecule has 0 aliphatic carbocycles. The number of alkyl halides is 1. The van der Waals surface area contributed by atoms with Crippen LogP contribution in [0.4, 0.5) is 5.95 Å². The number of methoxy groups -OCH3 is 2. The molecule has 0 spiro atoms. The Morgan fingerprint density at radius 2 is 1.82 bits per heavy atom. The molecule has 7 heteroatoms. The summed E-state index contributed by atoms with van der Waals surface area (Å²) in [6, 6.07) is 1.61. The second-order valence-electron chi connectivity index (χ2n) is 3.00. The van der Waals surface area contributed by atoms with Crippen molar-refractivity contribution >= 4 is 17.5 Å². The zero-order chi connectivity index (χ0) is 12.5. The Labute approximate surface area is 105 Å². The molecule has 0 saturated carbocycles. The van der Waals surface area contributed by atoms with Gasteiger partial charge in [-0.3, -0.25) is 0 Å². The summed E-state index contributed by atoms with van der Waals surface area (Å²) in [7, 11) is 3.07. The summed E-state index contributed by atoms with van der Waals surface area (Å²) < 4.78 is 15.2. The van der Waals surface area contributed by atoms with Crippen LogP contribution in [-0.2, 0) is 4.74 Å². The van der Waals surface area contributed by atoms with Gasteiger partial charge in [-0.1, -0.05) is 0 Å². The minimum atomic E-state index is 0.440. The molecule has 1 heterocycles.